The highest BCUT2D eigenvalue weighted by Gasteiger charge is 2.33. The molecule has 0 bridgehead atoms. The maximum Gasteiger partial charge on any atom is 0.266 e. The number of amides is 1. The van der Waals surface area contributed by atoms with Gasteiger partial charge in [-0.15, -0.1) is 0 Å². The molecule has 0 aliphatic carbocycles. The van der Waals surface area contributed by atoms with Crippen molar-refractivity contribution in [3.63, 3.8) is 0 Å². The molecule has 0 aromatic heterocycles. The van der Waals surface area contributed by atoms with Crippen molar-refractivity contribution in [2.45, 2.75) is 0 Å². The smallest absolute Gasteiger partial charge is 0.266 e. The molecule has 0 saturated carbocycles. The van der Waals surface area contributed by atoms with Gasteiger partial charge in [0.05, 0.1) is 30.9 Å². The lowest BCUT2D eigenvalue weighted by atomic mass is 10.2. The van der Waals surface area contributed by atoms with E-state index in [4.69, 9.17) is 19.5 Å². The summed E-state index contributed by atoms with van der Waals surface area (Å²) in [7, 11) is 3.12. The highest BCUT2D eigenvalue weighted by molar-refractivity contribution is 8.18. The summed E-state index contributed by atoms with van der Waals surface area (Å²) in [4.78, 5) is 19.8. The number of carbonyl (C=O) groups excluding carboxylic acids is 1. The summed E-state index contributed by atoms with van der Waals surface area (Å²) in [6.07, 6.45) is 1.79. The zero-order valence-electron chi connectivity index (χ0n) is 16.7. The van der Waals surface area contributed by atoms with Gasteiger partial charge in [0.1, 0.15) is 6.07 Å². The number of hydrogen-bond acceptors (Lipinski definition) is 7. The van der Waals surface area contributed by atoms with E-state index in [1.165, 1.54) is 18.9 Å². The standard InChI is InChI=1S/C22H21N3O4S/c1-27-13-11-25-21(26)20(30-22(25)24-17-6-4-3-5-7-17)15-16-8-9-18(29-12-10-23)19(14-16)28-2/h3-9,14-15H,11-13H2,1-2H3/b20-15-,24-22?. The number of benzene rings is 2. The zero-order valence-corrected chi connectivity index (χ0v) is 17.5. The Kier molecular flexibility index (Phi) is 7.49. The summed E-state index contributed by atoms with van der Waals surface area (Å²) in [6, 6.07) is 16.7. The number of carbonyl (C=O) groups is 1. The van der Waals surface area contributed by atoms with Gasteiger partial charge < -0.3 is 14.2 Å². The van der Waals surface area contributed by atoms with E-state index in [0.717, 1.165) is 11.3 Å². The first-order valence-electron chi connectivity index (χ1n) is 9.18. The van der Waals surface area contributed by atoms with E-state index < -0.39 is 0 Å². The number of thioether (sulfide) groups is 1. The summed E-state index contributed by atoms with van der Waals surface area (Å²) in [5.74, 6) is 0.833. The van der Waals surface area contributed by atoms with Crippen LogP contribution >= 0.6 is 11.8 Å². The van der Waals surface area contributed by atoms with Gasteiger partial charge in [-0.3, -0.25) is 9.69 Å². The summed E-state index contributed by atoms with van der Waals surface area (Å²) in [5, 5.41) is 9.30. The topological polar surface area (TPSA) is 84.1 Å². The van der Waals surface area contributed by atoms with Gasteiger partial charge in [-0.05, 0) is 47.7 Å². The number of ether oxygens (including phenoxy) is 3. The molecule has 2 aromatic rings. The van der Waals surface area contributed by atoms with Gasteiger partial charge >= 0.3 is 0 Å². The van der Waals surface area contributed by atoms with Gasteiger partial charge in [-0.1, -0.05) is 24.3 Å². The molecule has 8 heteroatoms. The minimum Gasteiger partial charge on any atom is -0.493 e. The minimum atomic E-state index is -0.129. The van der Waals surface area contributed by atoms with E-state index in [1.54, 1.807) is 30.2 Å². The van der Waals surface area contributed by atoms with E-state index in [9.17, 15) is 4.79 Å². The molecule has 0 radical (unpaired) electrons. The molecule has 1 heterocycles. The summed E-state index contributed by atoms with van der Waals surface area (Å²) in [6.45, 7) is 0.751. The van der Waals surface area contributed by atoms with E-state index in [1.807, 2.05) is 42.5 Å². The fourth-order valence-electron chi connectivity index (χ4n) is 2.74. The predicted octanol–water partition coefficient (Wildman–Crippen LogP) is 3.85. The number of nitriles is 1. The molecule has 7 nitrogen and oxygen atoms in total. The van der Waals surface area contributed by atoms with Crippen LogP contribution in [0, 0.1) is 11.3 Å². The molecule has 1 fully saturated rings. The summed E-state index contributed by atoms with van der Waals surface area (Å²) < 4.78 is 15.8. The number of rotatable bonds is 8. The molecular weight excluding hydrogens is 402 g/mol. The Bertz CT molecular complexity index is 999. The second-order valence-corrected chi connectivity index (χ2v) is 7.16. The van der Waals surface area contributed by atoms with Crippen molar-refractivity contribution in [1.82, 2.24) is 4.90 Å². The van der Waals surface area contributed by atoms with Crippen LogP contribution in [-0.4, -0.2) is 50.0 Å². The second-order valence-electron chi connectivity index (χ2n) is 6.15. The van der Waals surface area contributed by atoms with E-state index >= 15 is 0 Å². The molecule has 0 unspecified atom stereocenters. The summed E-state index contributed by atoms with van der Waals surface area (Å²) >= 11 is 1.32. The van der Waals surface area contributed by atoms with Crippen molar-refractivity contribution < 1.29 is 19.0 Å². The maximum atomic E-state index is 13.0. The lowest BCUT2D eigenvalue weighted by molar-refractivity contribution is -0.122. The van der Waals surface area contributed by atoms with Crippen molar-refractivity contribution in [2.75, 3.05) is 34.0 Å². The molecule has 3 rings (SSSR count). The number of amidine groups is 1. The monoisotopic (exact) mass is 423 g/mol. The first-order chi connectivity index (χ1) is 14.7. The number of para-hydroxylation sites is 1. The first-order valence-corrected chi connectivity index (χ1v) is 9.99. The Morgan fingerprint density at radius 1 is 1.17 bits per heavy atom. The molecule has 0 N–H and O–H groups in total. The molecule has 30 heavy (non-hydrogen) atoms. The van der Waals surface area contributed by atoms with Crippen LogP contribution in [0.2, 0.25) is 0 Å². The van der Waals surface area contributed by atoms with E-state index in [-0.39, 0.29) is 12.5 Å². The molecule has 0 atom stereocenters. The third-order valence-electron chi connectivity index (χ3n) is 4.17. The summed E-state index contributed by atoms with van der Waals surface area (Å²) in [5.41, 5.74) is 1.55. The van der Waals surface area contributed by atoms with Crippen LogP contribution in [0.25, 0.3) is 6.08 Å². The number of aliphatic imine (C=N–C) groups is 1. The van der Waals surface area contributed by atoms with Crippen molar-refractivity contribution >= 4 is 34.6 Å². The second kappa shape index (κ2) is 10.5. The number of methoxy groups -OCH3 is 2. The van der Waals surface area contributed by atoms with Crippen LogP contribution < -0.4 is 9.47 Å². The molecular formula is C22H21N3O4S. The Labute approximate surface area is 179 Å². The number of hydrogen-bond donors (Lipinski definition) is 0. The van der Waals surface area contributed by atoms with Crippen LogP contribution in [0.4, 0.5) is 5.69 Å². The van der Waals surface area contributed by atoms with Gasteiger partial charge in [-0.2, -0.15) is 5.26 Å². The average molecular weight is 423 g/mol. The molecule has 154 valence electrons. The Morgan fingerprint density at radius 3 is 2.67 bits per heavy atom. The highest BCUT2D eigenvalue weighted by atomic mass is 32.2. The van der Waals surface area contributed by atoms with Gasteiger partial charge in [0.25, 0.3) is 5.91 Å². The largest absolute Gasteiger partial charge is 0.493 e. The Hall–Kier alpha value is -3.28. The average Bonchev–Trinajstić information content (AvgIpc) is 3.05. The highest BCUT2D eigenvalue weighted by Crippen LogP contribution is 2.35. The van der Waals surface area contributed by atoms with Gasteiger partial charge in [0, 0.05) is 7.11 Å². The number of nitrogens with zero attached hydrogens (tertiary/aromatic N) is 3. The van der Waals surface area contributed by atoms with Crippen LogP contribution in [-0.2, 0) is 9.53 Å². The maximum absolute atomic E-state index is 13.0. The van der Waals surface area contributed by atoms with Crippen LogP contribution in [0.15, 0.2) is 58.4 Å². The predicted molar refractivity (Wildman–Crippen MR) is 117 cm³/mol. The molecule has 1 saturated heterocycles. The molecule has 2 aromatic carbocycles. The Morgan fingerprint density at radius 2 is 1.97 bits per heavy atom. The quantitative estimate of drug-likeness (QED) is 0.600. The van der Waals surface area contributed by atoms with E-state index in [0.29, 0.717) is 34.7 Å². The fraction of sp³-hybridized carbons (Fsp3) is 0.227. The molecule has 0 spiro atoms. The van der Waals surface area contributed by atoms with Crippen LogP contribution in [0.3, 0.4) is 0 Å². The SMILES string of the molecule is COCCN1C(=O)/C(=C/c2ccc(OCC#N)c(OC)c2)SC1=Nc1ccccc1. The first kappa shape index (κ1) is 21.4. The molecule has 1 aliphatic heterocycles. The van der Waals surface area contributed by atoms with Crippen LogP contribution in [0.5, 0.6) is 11.5 Å². The van der Waals surface area contributed by atoms with Gasteiger partial charge in [-0.25, -0.2) is 4.99 Å². The third-order valence-corrected chi connectivity index (χ3v) is 5.17. The Balaban J connectivity index is 1.90. The molecule has 1 amide bonds. The lowest BCUT2D eigenvalue weighted by Gasteiger charge is -2.14. The van der Waals surface area contributed by atoms with E-state index in [2.05, 4.69) is 4.99 Å². The fourth-order valence-corrected chi connectivity index (χ4v) is 3.76. The molecule has 1 aliphatic rings. The van der Waals surface area contributed by atoms with Gasteiger partial charge in [0.2, 0.25) is 0 Å². The van der Waals surface area contributed by atoms with Gasteiger partial charge in [0.15, 0.2) is 23.3 Å². The van der Waals surface area contributed by atoms with Crippen molar-refractivity contribution in [3.05, 3.63) is 59.0 Å². The minimum absolute atomic E-state index is 0.0705. The van der Waals surface area contributed by atoms with Crippen molar-refractivity contribution in [1.29, 1.82) is 5.26 Å². The zero-order chi connectivity index (χ0) is 21.3. The van der Waals surface area contributed by atoms with Crippen molar-refractivity contribution in [2.24, 2.45) is 4.99 Å². The normalized spacial score (nSPS) is 16.2. The van der Waals surface area contributed by atoms with Crippen LogP contribution in [0.1, 0.15) is 5.56 Å². The lowest BCUT2D eigenvalue weighted by Crippen LogP contribution is -2.32. The third kappa shape index (κ3) is 5.20. The van der Waals surface area contributed by atoms with Crippen molar-refractivity contribution in [3.8, 4) is 17.6 Å².